The zero-order valence-electron chi connectivity index (χ0n) is 12.0. The van der Waals surface area contributed by atoms with Gasteiger partial charge < -0.3 is 16.2 Å². The van der Waals surface area contributed by atoms with Crippen LogP contribution in [0.25, 0.3) is 0 Å². The van der Waals surface area contributed by atoms with Crippen molar-refractivity contribution in [2.75, 3.05) is 17.6 Å². The van der Waals surface area contributed by atoms with Gasteiger partial charge in [-0.15, -0.1) is 11.3 Å². The van der Waals surface area contributed by atoms with Crippen molar-refractivity contribution in [3.63, 3.8) is 0 Å². The molecule has 0 amide bonds. The third kappa shape index (κ3) is 3.51. The second-order valence-corrected chi connectivity index (χ2v) is 6.92. The van der Waals surface area contributed by atoms with E-state index in [1.807, 2.05) is 17.4 Å². The van der Waals surface area contributed by atoms with E-state index in [9.17, 15) is 5.11 Å². The van der Waals surface area contributed by atoms with Crippen molar-refractivity contribution in [1.29, 1.82) is 0 Å². The minimum atomic E-state index is -0.190. The molecule has 2 aromatic heterocycles. The van der Waals surface area contributed by atoms with Crippen LogP contribution in [-0.4, -0.2) is 27.7 Å². The summed E-state index contributed by atoms with van der Waals surface area (Å²) in [4.78, 5) is 11.2. The molecular weight excluding hydrogens is 284 g/mol. The second kappa shape index (κ2) is 5.99. The molecule has 3 rings (SSSR count). The van der Waals surface area contributed by atoms with Gasteiger partial charge in [-0.2, -0.15) is 4.98 Å². The predicted molar refractivity (Wildman–Crippen MR) is 85.7 cm³/mol. The van der Waals surface area contributed by atoms with Crippen LogP contribution in [0, 0.1) is 6.92 Å². The number of nitrogens with zero attached hydrogens (tertiary/aromatic N) is 2. The first-order chi connectivity index (χ1) is 10.1. The molecule has 1 aliphatic rings. The number of aliphatic hydroxyl groups excluding tert-OH is 1. The number of rotatable bonds is 5. The van der Waals surface area contributed by atoms with Crippen molar-refractivity contribution in [2.24, 2.45) is 0 Å². The molecule has 2 aromatic rings. The first-order valence-electron chi connectivity index (χ1n) is 7.22. The number of aryl methyl sites for hydroxylation is 1. The maximum atomic E-state index is 9.40. The molecule has 0 atom stereocenters. The van der Waals surface area contributed by atoms with Crippen LogP contribution < -0.4 is 11.1 Å². The molecule has 0 bridgehead atoms. The van der Waals surface area contributed by atoms with Gasteiger partial charge in [0.05, 0.1) is 11.8 Å². The molecule has 0 spiro atoms. The molecular formula is C15H20N4OS. The normalized spacial score (nSPS) is 21.0. The number of thiophene rings is 1. The number of aromatic nitrogens is 2. The highest BCUT2D eigenvalue weighted by Crippen LogP contribution is 2.36. The van der Waals surface area contributed by atoms with Gasteiger partial charge in [0.25, 0.3) is 0 Å². The minimum Gasteiger partial charge on any atom is -0.393 e. The van der Waals surface area contributed by atoms with Crippen molar-refractivity contribution in [2.45, 2.75) is 38.2 Å². The van der Waals surface area contributed by atoms with E-state index < -0.39 is 0 Å². The zero-order valence-corrected chi connectivity index (χ0v) is 12.9. The Balaban J connectivity index is 1.59. The van der Waals surface area contributed by atoms with Crippen LogP contribution in [-0.2, 0) is 6.42 Å². The number of hydrogen-bond donors (Lipinski definition) is 3. The van der Waals surface area contributed by atoms with Crippen LogP contribution in [0.2, 0.25) is 0 Å². The highest BCUT2D eigenvalue weighted by molar-refractivity contribution is 7.11. The molecule has 21 heavy (non-hydrogen) atoms. The number of aliphatic hydroxyl groups is 1. The van der Waals surface area contributed by atoms with E-state index in [0.29, 0.717) is 11.9 Å². The second-order valence-electron chi connectivity index (χ2n) is 5.55. The largest absolute Gasteiger partial charge is 0.393 e. The minimum absolute atomic E-state index is 0.190. The van der Waals surface area contributed by atoms with E-state index in [-0.39, 0.29) is 6.10 Å². The number of nitrogens with two attached hydrogens (primary N) is 1. The van der Waals surface area contributed by atoms with E-state index in [1.54, 1.807) is 0 Å². The van der Waals surface area contributed by atoms with Gasteiger partial charge in [-0.25, -0.2) is 4.98 Å². The van der Waals surface area contributed by atoms with Gasteiger partial charge >= 0.3 is 0 Å². The third-order valence-corrected chi connectivity index (χ3v) is 4.83. The Morgan fingerprint density at radius 2 is 2.19 bits per heavy atom. The summed E-state index contributed by atoms with van der Waals surface area (Å²) in [5.41, 5.74) is 6.71. The van der Waals surface area contributed by atoms with Crippen LogP contribution in [0.15, 0.2) is 18.2 Å². The Bertz CT molecular complexity index is 622. The van der Waals surface area contributed by atoms with E-state index in [4.69, 9.17) is 5.73 Å². The Labute approximate surface area is 128 Å². The van der Waals surface area contributed by atoms with Crippen molar-refractivity contribution in [3.8, 4) is 0 Å². The van der Waals surface area contributed by atoms with Gasteiger partial charge in [0, 0.05) is 28.3 Å². The van der Waals surface area contributed by atoms with Crippen molar-refractivity contribution < 1.29 is 5.11 Å². The molecule has 0 aromatic carbocycles. The number of anilines is 2. The fourth-order valence-corrected chi connectivity index (χ4v) is 3.44. The van der Waals surface area contributed by atoms with Gasteiger partial charge in [-0.3, -0.25) is 0 Å². The van der Waals surface area contributed by atoms with Crippen molar-refractivity contribution >= 4 is 23.1 Å². The molecule has 1 fully saturated rings. The lowest BCUT2D eigenvalue weighted by Crippen LogP contribution is -2.27. The summed E-state index contributed by atoms with van der Waals surface area (Å²) in [6.07, 6.45) is 2.32. The Hall–Kier alpha value is -1.66. The van der Waals surface area contributed by atoms with E-state index in [0.717, 1.165) is 37.3 Å². The lowest BCUT2D eigenvalue weighted by molar-refractivity contribution is 0.0732. The summed E-state index contributed by atoms with van der Waals surface area (Å²) in [5.74, 6) is 1.38. The number of nitrogens with one attached hydrogen (secondary N) is 1. The van der Waals surface area contributed by atoms with Crippen LogP contribution in [0.4, 0.5) is 11.8 Å². The molecule has 1 saturated carbocycles. The molecule has 1 aliphatic carbocycles. The number of nitrogen functional groups attached to an aromatic ring is 1. The van der Waals surface area contributed by atoms with E-state index in [1.165, 1.54) is 9.75 Å². The SMILES string of the molecule is Cc1ccc(CCNc2cc(C3CC(O)C3)nc(N)n2)s1. The van der Waals surface area contributed by atoms with Gasteiger partial charge in [0.2, 0.25) is 5.95 Å². The first-order valence-corrected chi connectivity index (χ1v) is 8.03. The summed E-state index contributed by atoms with van der Waals surface area (Å²) in [6.45, 7) is 2.94. The van der Waals surface area contributed by atoms with Crippen LogP contribution in [0.3, 0.4) is 0 Å². The topological polar surface area (TPSA) is 84.1 Å². The summed E-state index contributed by atoms with van der Waals surface area (Å²) in [7, 11) is 0. The first kappa shape index (κ1) is 14.3. The third-order valence-electron chi connectivity index (χ3n) is 3.77. The lowest BCUT2D eigenvalue weighted by Gasteiger charge is -2.30. The molecule has 112 valence electrons. The fraction of sp³-hybridized carbons (Fsp3) is 0.467. The summed E-state index contributed by atoms with van der Waals surface area (Å²) < 4.78 is 0. The maximum absolute atomic E-state index is 9.40. The molecule has 0 radical (unpaired) electrons. The Morgan fingerprint density at radius 3 is 2.86 bits per heavy atom. The summed E-state index contributed by atoms with van der Waals surface area (Å²) in [6, 6.07) is 6.26. The van der Waals surface area contributed by atoms with Crippen LogP contribution >= 0.6 is 11.3 Å². The van der Waals surface area contributed by atoms with Gasteiger partial charge in [0.15, 0.2) is 0 Å². The molecule has 0 aliphatic heterocycles. The predicted octanol–water partition coefficient (Wildman–Crippen LogP) is 2.32. The highest BCUT2D eigenvalue weighted by atomic mass is 32.1. The quantitative estimate of drug-likeness (QED) is 0.789. The van der Waals surface area contributed by atoms with E-state index >= 15 is 0 Å². The average Bonchev–Trinajstić information content (AvgIpc) is 2.80. The highest BCUT2D eigenvalue weighted by Gasteiger charge is 2.30. The fourth-order valence-electron chi connectivity index (χ4n) is 2.55. The van der Waals surface area contributed by atoms with Gasteiger partial charge in [-0.05, 0) is 38.3 Å². The molecule has 5 nitrogen and oxygen atoms in total. The van der Waals surface area contributed by atoms with E-state index in [2.05, 4.69) is 34.3 Å². The smallest absolute Gasteiger partial charge is 0.222 e. The average molecular weight is 304 g/mol. The summed E-state index contributed by atoms with van der Waals surface area (Å²) in [5, 5.41) is 12.7. The zero-order chi connectivity index (χ0) is 14.8. The molecule has 4 N–H and O–H groups in total. The maximum Gasteiger partial charge on any atom is 0.222 e. The van der Waals surface area contributed by atoms with Crippen molar-refractivity contribution in [1.82, 2.24) is 9.97 Å². The monoisotopic (exact) mass is 304 g/mol. The number of hydrogen-bond acceptors (Lipinski definition) is 6. The standard InChI is InChI=1S/C15H20N4OS/c1-9-2-3-12(21-9)4-5-17-14-8-13(18-15(16)19-14)10-6-11(20)7-10/h2-3,8,10-11,20H,4-7H2,1H3,(H3,16,17,18,19). The Kier molecular flexibility index (Phi) is 4.07. The molecule has 0 unspecified atom stereocenters. The van der Waals surface area contributed by atoms with Gasteiger partial charge in [0.1, 0.15) is 5.82 Å². The van der Waals surface area contributed by atoms with Crippen LogP contribution in [0.1, 0.15) is 34.2 Å². The molecule has 0 saturated heterocycles. The Morgan fingerprint density at radius 1 is 1.38 bits per heavy atom. The lowest BCUT2D eigenvalue weighted by atomic mass is 9.80. The van der Waals surface area contributed by atoms with Crippen molar-refractivity contribution in [3.05, 3.63) is 33.6 Å². The van der Waals surface area contributed by atoms with Gasteiger partial charge in [-0.1, -0.05) is 0 Å². The molecule has 2 heterocycles. The van der Waals surface area contributed by atoms with Crippen LogP contribution in [0.5, 0.6) is 0 Å². The molecule has 6 heteroatoms. The summed E-state index contributed by atoms with van der Waals surface area (Å²) >= 11 is 1.82.